The van der Waals surface area contributed by atoms with Crippen molar-refractivity contribution in [1.82, 2.24) is 0 Å². The highest BCUT2D eigenvalue weighted by molar-refractivity contribution is 5.91. The summed E-state index contributed by atoms with van der Waals surface area (Å²) in [6, 6.07) is 15.2. The molecule has 0 heterocycles. The number of carbonyl (C=O) groups excluding carboxylic acids is 1. The van der Waals surface area contributed by atoms with E-state index < -0.39 is 0 Å². The highest BCUT2D eigenvalue weighted by atomic mass is 16.5. The zero-order valence-corrected chi connectivity index (χ0v) is 11.5. The quantitative estimate of drug-likeness (QED) is 0.616. The summed E-state index contributed by atoms with van der Waals surface area (Å²) in [4.78, 5) is 11.0. The summed E-state index contributed by atoms with van der Waals surface area (Å²) >= 11 is 0. The van der Waals surface area contributed by atoms with Crippen LogP contribution in [0.5, 0.6) is 11.5 Å². The number of aldehydes is 1. The number of carbonyl (C=O) groups is 1. The number of allylic oxidation sites excluding steroid dienone is 1. The Bertz CT molecular complexity index is 630. The van der Waals surface area contributed by atoms with E-state index in [2.05, 4.69) is 0 Å². The van der Waals surface area contributed by atoms with Gasteiger partial charge in [0, 0.05) is 5.56 Å². The Hall–Kier alpha value is -2.55. The molecule has 0 aliphatic heterocycles. The van der Waals surface area contributed by atoms with Gasteiger partial charge >= 0.3 is 0 Å². The van der Waals surface area contributed by atoms with Crippen LogP contribution in [-0.2, 0) is 4.79 Å². The minimum absolute atomic E-state index is 0.725. The lowest BCUT2D eigenvalue weighted by Crippen LogP contribution is -1.94. The molecule has 0 unspecified atom stereocenters. The molecule has 20 heavy (non-hydrogen) atoms. The predicted molar refractivity (Wildman–Crippen MR) is 79.1 cm³/mol. The summed E-state index contributed by atoms with van der Waals surface area (Å²) in [6.45, 7) is 0. The van der Waals surface area contributed by atoms with Crippen LogP contribution >= 0.6 is 0 Å². The Morgan fingerprint density at radius 1 is 1.00 bits per heavy atom. The third kappa shape index (κ3) is 2.88. The predicted octanol–water partition coefficient (Wildman–Crippen LogP) is 3.33. The Balaban J connectivity index is 2.56. The summed E-state index contributed by atoms with van der Waals surface area (Å²) in [5.41, 5.74) is 2.58. The minimum Gasteiger partial charge on any atom is -0.497 e. The summed E-state index contributed by atoms with van der Waals surface area (Å²) in [5, 5.41) is 0. The molecule has 0 fully saturated rings. The number of para-hydroxylation sites is 1. The van der Waals surface area contributed by atoms with Crippen molar-refractivity contribution in [2.75, 3.05) is 14.2 Å². The first-order valence-electron chi connectivity index (χ1n) is 6.23. The van der Waals surface area contributed by atoms with Gasteiger partial charge in [0.15, 0.2) is 0 Å². The highest BCUT2D eigenvalue weighted by Gasteiger charge is 2.10. The lowest BCUT2D eigenvalue weighted by atomic mass is 9.96. The monoisotopic (exact) mass is 268 g/mol. The maximum atomic E-state index is 11.0. The van der Waals surface area contributed by atoms with Gasteiger partial charge in [0.2, 0.25) is 0 Å². The van der Waals surface area contributed by atoms with Crippen molar-refractivity contribution in [2.45, 2.75) is 0 Å². The number of benzene rings is 2. The number of rotatable bonds is 5. The van der Waals surface area contributed by atoms with Gasteiger partial charge in [-0.2, -0.15) is 0 Å². The van der Waals surface area contributed by atoms with E-state index >= 15 is 0 Å². The molecule has 0 saturated carbocycles. The second-order valence-electron chi connectivity index (χ2n) is 4.15. The van der Waals surface area contributed by atoms with Crippen LogP contribution < -0.4 is 9.47 Å². The lowest BCUT2D eigenvalue weighted by Gasteiger charge is -2.12. The molecule has 0 atom stereocenters. The summed E-state index contributed by atoms with van der Waals surface area (Å²) < 4.78 is 10.6. The van der Waals surface area contributed by atoms with Crippen molar-refractivity contribution in [3.05, 3.63) is 65.7 Å². The molecule has 2 aromatic carbocycles. The number of hydrogen-bond acceptors (Lipinski definition) is 3. The van der Waals surface area contributed by atoms with Gasteiger partial charge in [0.25, 0.3) is 0 Å². The smallest absolute Gasteiger partial charge is 0.143 e. The molecule has 0 aliphatic rings. The third-order valence-electron chi connectivity index (χ3n) is 3.01. The van der Waals surface area contributed by atoms with Crippen molar-refractivity contribution in [3.63, 3.8) is 0 Å². The fourth-order valence-corrected chi connectivity index (χ4v) is 2.07. The Morgan fingerprint density at radius 3 is 2.50 bits per heavy atom. The second kappa shape index (κ2) is 6.57. The van der Waals surface area contributed by atoms with Crippen LogP contribution in [0.15, 0.2) is 54.6 Å². The van der Waals surface area contributed by atoms with Gasteiger partial charge < -0.3 is 9.47 Å². The zero-order valence-electron chi connectivity index (χ0n) is 11.5. The first kappa shape index (κ1) is 13.9. The maximum Gasteiger partial charge on any atom is 0.143 e. The van der Waals surface area contributed by atoms with E-state index in [1.165, 1.54) is 6.08 Å². The first-order valence-corrected chi connectivity index (χ1v) is 6.23. The minimum atomic E-state index is 0.725. The molecule has 2 rings (SSSR count). The fourth-order valence-electron chi connectivity index (χ4n) is 2.07. The van der Waals surface area contributed by atoms with Crippen LogP contribution in [0.1, 0.15) is 11.1 Å². The normalized spacial score (nSPS) is 11.0. The van der Waals surface area contributed by atoms with E-state index in [0.29, 0.717) is 0 Å². The van der Waals surface area contributed by atoms with Gasteiger partial charge in [-0.1, -0.05) is 30.3 Å². The molecule has 0 N–H and O–H groups in total. The van der Waals surface area contributed by atoms with E-state index in [-0.39, 0.29) is 0 Å². The standard InChI is InChI=1S/C17H16O3/c1-19-14-7-5-6-13(12-14)15(10-11-18)16-8-3-4-9-17(16)20-2/h3-12H,1-2H3/b15-10+. The van der Waals surface area contributed by atoms with E-state index in [1.807, 2.05) is 48.5 Å². The summed E-state index contributed by atoms with van der Waals surface area (Å²) in [7, 11) is 3.23. The van der Waals surface area contributed by atoms with Crippen molar-refractivity contribution in [2.24, 2.45) is 0 Å². The molecule has 0 spiro atoms. The van der Waals surface area contributed by atoms with Crippen LogP contribution in [0.25, 0.3) is 5.57 Å². The summed E-state index contributed by atoms with van der Waals surface area (Å²) in [6.07, 6.45) is 2.31. The molecule has 0 aliphatic carbocycles. The lowest BCUT2D eigenvalue weighted by molar-refractivity contribution is -0.104. The Labute approximate surface area is 118 Å². The highest BCUT2D eigenvalue weighted by Crippen LogP contribution is 2.31. The SMILES string of the molecule is COc1cccc(/C(=C\C=O)c2ccccc2OC)c1. The fraction of sp³-hybridized carbons (Fsp3) is 0.118. The molecular weight excluding hydrogens is 252 g/mol. The van der Waals surface area contributed by atoms with Gasteiger partial charge in [0.1, 0.15) is 17.8 Å². The van der Waals surface area contributed by atoms with Gasteiger partial charge in [-0.3, -0.25) is 4.79 Å². The van der Waals surface area contributed by atoms with Crippen LogP contribution in [0, 0.1) is 0 Å². The van der Waals surface area contributed by atoms with Crippen molar-refractivity contribution in [1.29, 1.82) is 0 Å². The largest absolute Gasteiger partial charge is 0.497 e. The molecule has 2 aromatic rings. The van der Waals surface area contributed by atoms with Crippen molar-refractivity contribution >= 4 is 11.9 Å². The molecule has 0 saturated heterocycles. The van der Waals surface area contributed by atoms with E-state index in [0.717, 1.165) is 34.5 Å². The average molecular weight is 268 g/mol. The Kier molecular flexibility index (Phi) is 4.56. The van der Waals surface area contributed by atoms with Crippen LogP contribution in [0.4, 0.5) is 0 Å². The van der Waals surface area contributed by atoms with Gasteiger partial charge in [0.05, 0.1) is 14.2 Å². The number of methoxy groups -OCH3 is 2. The topological polar surface area (TPSA) is 35.5 Å². The Morgan fingerprint density at radius 2 is 1.80 bits per heavy atom. The van der Waals surface area contributed by atoms with Crippen LogP contribution in [-0.4, -0.2) is 20.5 Å². The maximum absolute atomic E-state index is 11.0. The first-order chi connectivity index (χ1) is 9.80. The molecule has 0 bridgehead atoms. The van der Waals surface area contributed by atoms with Crippen molar-refractivity contribution in [3.8, 4) is 11.5 Å². The van der Waals surface area contributed by atoms with Crippen molar-refractivity contribution < 1.29 is 14.3 Å². The van der Waals surface area contributed by atoms with E-state index in [4.69, 9.17) is 9.47 Å². The van der Waals surface area contributed by atoms with Gasteiger partial charge in [-0.05, 0) is 35.4 Å². The van der Waals surface area contributed by atoms with Gasteiger partial charge in [-0.25, -0.2) is 0 Å². The molecule has 0 aromatic heterocycles. The van der Waals surface area contributed by atoms with E-state index in [1.54, 1.807) is 14.2 Å². The molecule has 0 radical (unpaired) electrons. The molecule has 3 heteroatoms. The third-order valence-corrected chi connectivity index (χ3v) is 3.01. The number of hydrogen-bond donors (Lipinski definition) is 0. The van der Waals surface area contributed by atoms with Crippen LogP contribution in [0.2, 0.25) is 0 Å². The average Bonchev–Trinajstić information content (AvgIpc) is 2.52. The molecule has 102 valence electrons. The molecule has 0 amide bonds. The number of ether oxygens (including phenoxy) is 2. The molecular formula is C17H16O3. The molecule has 3 nitrogen and oxygen atoms in total. The second-order valence-corrected chi connectivity index (χ2v) is 4.15. The van der Waals surface area contributed by atoms with E-state index in [9.17, 15) is 4.79 Å². The van der Waals surface area contributed by atoms with Crippen LogP contribution in [0.3, 0.4) is 0 Å². The zero-order chi connectivity index (χ0) is 14.4. The summed E-state index contributed by atoms with van der Waals surface area (Å²) in [5.74, 6) is 1.47. The van der Waals surface area contributed by atoms with Gasteiger partial charge in [-0.15, -0.1) is 0 Å².